The number of carboxylic acids is 1. The van der Waals surface area contributed by atoms with Crippen molar-refractivity contribution in [2.45, 2.75) is 257 Å². The molecule has 6 heterocycles. The number of aryl methyl sites for hydroxylation is 4. The molecule has 2 saturated heterocycles. The summed E-state index contributed by atoms with van der Waals surface area (Å²) in [6.45, 7) is 24.1. The average molecular weight is 1280 g/mol. The number of rotatable bonds is 18. The molecule has 4 aromatic rings. The molecule has 10 rings (SSSR count). The number of nitrogens with zero attached hydrogens (tertiary/aromatic N) is 4. The molecule has 6 aliphatic rings. The van der Waals surface area contributed by atoms with Gasteiger partial charge in [-0.05, 0) is 137 Å². The van der Waals surface area contributed by atoms with Crippen LogP contribution in [0, 0.1) is 39.5 Å². The molecule has 2 aliphatic carbocycles. The summed E-state index contributed by atoms with van der Waals surface area (Å²) in [7, 11) is 2.59. The predicted octanol–water partition coefficient (Wildman–Crippen LogP) is 14.9. The average Bonchev–Trinajstić information content (AvgIpc) is 1.72. The number of pyridine rings is 2. The first-order valence-electron chi connectivity index (χ1n) is 34.2. The van der Waals surface area contributed by atoms with Gasteiger partial charge in [0.05, 0.1) is 79.6 Å². The molecule has 2 saturated carbocycles. The van der Waals surface area contributed by atoms with Gasteiger partial charge in [-0.3, -0.25) is 24.1 Å². The summed E-state index contributed by atoms with van der Waals surface area (Å²) in [5, 5.41) is 13.9. The van der Waals surface area contributed by atoms with Crippen molar-refractivity contribution in [3.8, 4) is 11.5 Å². The van der Waals surface area contributed by atoms with Gasteiger partial charge in [-0.15, -0.1) is 13.2 Å². The van der Waals surface area contributed by atoms with Gasteiger partial charge >= 0.3 is 24.0 Å². The summed E-state index contributed by atoms with van der Waals surface area (Å²) >= 11 is 0. The van der Waals surface area contributed by atoms with E-state index in [0.29, 0.717) is 34.0 Å². The van der Waals surface area contributed by atoms with E-state index in [2.05, 4.69) is 28.4 Å². The van der Waals surface area contributed by atoms with E-state index in [9.17, 15) is 33.6 Å². The van der Waals surface area contributed by atoms with Crippen LogP contribution < -0.4 is 14.8 Å². The maximum Gasteiger partial charge on any atom is 0.411 e. The first kappa shape index (κ1) is 73.2. The number of ether oxygens (including phenoxy) is 5. The molecule has 2 spiro atoms. The number of carbonyl (C=O) groups excluding carboxylic acids is 6. The number of aliphatic carboxylic acids is 1. The van der Waals surface area contributed by atoms with Gasteiger partial charge in [0, 0.05) is 41.6 Å². The van der Waals surface area contributed by atoms with Crippen LogP contribution >= 0.6 is 0 Å². The van der Waals surface area contributed by atoms with Crippen molar-refractivity contribution in [3.63, 3.8) is 0 Å². The minimum absolute atomic E-state index is 0.0398. The molecule has 0 unspecified atom stereocenters. The molecule has 93 heavy (non-hydrogen) atoms. The standard InChI is InChI=1S/C29H36N2O5.C24H28N2O6.C12H23N.C10H18O2/c1-6-7-8-9-10-11-19(3)27(33)31-17-29(15-23(31)28(34)35-5)16-24(32)25-21-14-18(2)12-13-22(21)30-20(4)26(25)36-29;1-13-7-8-16-15(9-13)19-18(27)11-24(31-20(19)14(2)25-16)10-17(21(28)30-6)26(12-24)22(29)32-23(3,4)5;1-3-7-11(8-4-1)13-12-9-5-2-6-10-12;1-3-4-5-6-7-8-9(2)10(11)12/h6,12-14,19,23H,1,7-11,15-17H2,2-5H3;7-9,17H,10-12H2,1-6H3;11-13H,1-10H2;3,9H,1,4-8H2,2H3,(H,11,12)/t19-,23-,29-;17-,24-;;9-/m00.0/s1. The molecule has 2 aromatic heterocycles. The molecule has 18 nitrogen and oxygen atoms in total. The Hall–Kier alpha value is -7.21. The van der Waals surface area contributed by atoms with Crippen molar-refractivity contribution < 1.29 is 62.4 Å². The SMILES string of the molecule is C1CCC(NC2CCCCC2)CC1.C=CCCCCC[C@H](C)C(=O)N1C[C@@]2(CC(=O)c3c(c(C)nc4ccc(C)cc34)O2)C[C@H]1C(=O)OC.C=CCCCCC[C@H](C)C(=O)O.COC(=O)[C@@H]1C[C@]2(CC(=O)c3c(c(C)nc4ccc(C)cc34)O2)CN1C(=O)OC(C)(C)C. The van der Waals surface area contributed by atoms with Crippen LogP contribution in [0.1, 0.15) is 232 Å². The number of aromatic nitrogens is 2. The number of methoxy groups -OCH3 is 2. The summed E-state index contributed by atoms with van der Waals surface area (Å²) in [5.74, 6) is -1.54. The van der Waals surface area contributed by atoms with Crippen LogP contribution in [0.5, 0.6) is 11.5 Å². The van der Waals surface area contributed by atoms with Crippen molar-refractivity contribution in [1.82, 2.24) is 25.1 Å². The number of fused-ring (bicyclic) bond motifs is 6. The van der Waals surface area contributed by atoms with E-state index in [0.717, 1.165) is 109 Å². The van der Waals surface area contributed by atoms with Gasteiger partial charge in [0.1, 0.15) is 28.9 Å². The summed E-state index contributed by atoms with van der Waals surface area (Å²) in [6.07, 6.45) is 28.1. The van der Waals surface area contributed by atoms with E-state index >= 15 is 0 Å². The van der Waals surface area contributed by atoms with Crippen molar-refractivity contribution in [2.24, 2.45) is 11.8 Å². The molecular weight excluding hydrogens is 1180 g/mol. The zero-order valence-corrected chi connectivity index (χ0v) is 57.5. The lowest BCUT2D eigenvalue weighted by Gasteiger charge is -2.35. The molecule has 18 heteroatoms. The van der Waals surface area contributed by atoms with Crippen LogP contribution in [-0.2, 0) is 33.4 Å². The Morgan fingerprint density at radius 3 is 1.47 bits per heavy atom. The number of carbonyl (C=O) groups is 7. The maximum atomic E-state index is 13.6. The van der Waals surface area contributed by atoms with Gasteiger partial charge in [0.2, 0.25) is 5.91 Å². The number of Topliss-reactive ketones (excluding diaryl/α,β-unsaturated/α-hetero) is 2. The number of carboxylic acid groups (broad SMARTS) is 1. The molecule has 508 valence electrons. The molecule has 2 amide bonds. The topological polar surface area (TPSA) is 230 Å². The second-order valence-corrected chi connectivity index (χ2v) is 28.0. The molecule has 0 radical (unpaired) electrons. The number of likely N-dealkylation sites (tertiary alicyclic amines) is 2. The first-order chi connectivity index (χ1) is 44.2. The minimum atomic E-state index is -1.05. The summed E-state index contributed by atoms with van der Waals surface area (Å²) in [6, 6.07) is 11.7. The lowest BCUT2D eigenvalue weighted by atomic mass is 9.86. The Balaban J connectivity index is 0.000000194. The van der Waals surface area contributed by atoms with Gasteiger partial charge in [-0.1, -0.05) is 113 Å². The second-order valence-electron chi connectivity index (χ2n) is 28.0. The number of nitrogens with one attached hydrogen (secondary N) is 1. The van der Waals surface area contributed by atoms with E-state index in [1.54, 1.807) is 39.5 Å². The van der Waals surface area contributed by atoms with Gasteiger partial charge in [0.15, 0.2) is 23.1 Å². The second kappa shape index (κ2) is 33.3. The van der Waals surface area contributed by atoms with Gasteiger partial charge < -0.3 is 39.0 Å². The number of esters is 2. The van der Waals surface area contributed by atoms with E-state index in [1.165, 1.54) is 83.3 Å². The molecule has 6 atom stereocenters. The monoisotopic (exact) mass is 1280 g/mol. The van der Waals surface area contributed by atoms with Crippen molar-refractivity contribution >= 4 is 63.3 Å². The third-order valence-corrected chi connectivity index (χ3v) is 19.0. The molecule has 4 fully saturated rings. The Morgan fingerprint density at radius 1 is 0.645 bits per heavy atom. The summed E-state index contributed by atoms with van der Waals surface area (Å²) in [4.78, 5) is 101. The Labute approximate surface area is 551 Å². The van der Waals surface area contributed by atoms with Crippen LogP contribution in [0.3, 0.4) is 0 Å². The Bertz CT molecular complexity index is 3310. The van der Waals surface area contributed by atoms with E-state index < -0.39 is 52.9 Å². The number of allylic oxidation sites excluding steroid dienone is 2. The quantitative estimate of drug-likeness (QED) is 0.0408. The third-order valence-electron chi connectivity index (χ3n) is 19.0. The summed E-state index contributed by atoms with van der Waals surface area (Å²) in [5.41, 5.74) is 3.03. The normalized spacial score (nSPS) is 21.7. The molecular formula is C75H105N5O13. The largest absolute Gasteiger partial charge is 0.482 e. The zero-order valence-electron chi connectivity index (χ0n) is 57.5. The van der Waals surface area contributed by atoms with E-state index in [-0.39, 0.29) is 68.1 Å². The smallest absolute Gasteiger partial charge is 0.411 e. The number of hydrogen-bond donors (Lipinski definition) is 2. The van der Waals surface area contributed by atoms with E-state index in [1.807, 2.05) is 76.2 Å². The van der Waals surface area contributed by atoms with Gasteiger partial charge in [0.25, 0.3) is 0 Å². The number of ketones is 2. The number of unbranched alkanes of at least 4 members (excludes halogenated alkanes) is 6. The predicted molar refractivity (Wildman–Crippen MR) is 362 cm³/mol. The highest BCUT2D eigenvalue weighted by Crippen LogP contribution is 2.47. The van der Waals surface area contributed by atoms with Gasteiger partial charge in [-0.25, -0.2) is 24.4 Å². The molecule has 4 aliphatic heterocycles. The highest BCUT2D eigenvalue weighted by atomic mass is 16.6. The highest BCUT2D eigenvalue weighted by Gasteiger charge is 2.57. The number of amides is 2. The fourth-order valence-electron chi connectivity index (χ4n) is 14.0. The third kappa shape index (κ3) is 19.2. The van der Waals surface area contributed by atoms with Crippen molar-refractivity contribution in [2.75, 3.05) is 27.3 Å². The first-order valence-corrected chi connectivity index (χ1v) is 34.2. The summed E-state index contributed by atoms with van der Waals surface area (Å²) < 4.78 is 28.4. The zero-order chi connectivity index (χ0) is 67.8. The minimum Gasteiger partial charge on any atom is -0.482 e. The Kier molecular flexibility index (Phi) is 26.2. The molecule has 0 bridgehead atoms. The fraction of sp³-hybridized carbons (Fsp3) is 0.613. The number of hydrogen-bond acceptors (Lipinski definition) is 15. The van der Waals surface area contributed by atoms with Crippen LogP contribution in [0.4, 0.5) is 4.79 Å². The van der Waals surface area contributed by atoms with Crippen LogP contribution in [0.25, 0.3) is 21.8 Å². The Morgan fingerprint density at radius 2 is 1.06 bits per heavy atom. The number of benzene rings is 2. The van der Waals surface area contributed by atoms with Gasteiger partial charge in [-0.2, -0.15) is 0 Å². The van der Waals surface area contributed by atoms with Crippen LogP contribution in [0.15, 0.2) is 61.7 Å². The van der Waals surface area contributed by atoms with Crippen molar-refractivity contribution in [3.05, 3.63) is 95.3 Å². The maximum absolute atomic E-state index is 13.6. The van der Waals surface area contributed by atoms with Crippen LogP contribution in [-0.4, -0.2) is 135 Å². The van der Waals surface area contributed by atoms with Crippen LogP contribution in [0.2, 0.25) is 0 Å². The fourth-order valence-corrected chi connectivity index (χ4v) is 14.0. The van der Waals surface area contributed by atoms with E-state index in [4.69, 9.17) is 28.8 Å². The lowest BCUT2D eigenvalue weighted by molar-refractivity contribution is -0.152. The molecule has 2 N–H and O–H groups in total. The highest BCUT2D eigenvalue weighted by molar-refractivity contribution is 6.12. The molecule has 2 aromatic carbocycles. The lowest BCUT2D eigenvalue weighted by Crippen LogP contribution is -2.47. The van der Waals surface area contributed by atoms with Crippen molar-refractivity contribution in [1.29, 1.82) is 0 Å².